The van der Waals surface area contributed by atoms with E-state index in [9.17, 15) is 4.79 Å². The first-order valence-corrected chi connectivity index (χ1v) is 11.8. The molecule has 1 heterocycles. The lowest BCUT2D eigenvalue weighted by atomic mass is 9.96. The fourth-order valence-corrected chi connectivity index (χ4v) is 4.15. The maximum Gasteiger partial charge on any atom is 0.305 e. The third kappa shape index (κ3) is 6.77. The second kappa shape index (κ2) is 12.1. The number of ether oxygens (including phenoxy) is 5. The predicted octanol–water partition coefficient (Wildman–Crippen LogP) is 5.05. The smallest absolute Gasteiger partial charge is 0.305 e. The molecule has 1 aliphatic rings. The van der Waals surface area contributed by atoms with Gasteiger partial charge in [0.05, 0.1) is 26.4 Å². The Bertz CT molecular complexity index is 1040. The maximum atomic E-state index is 11.9. The quantitative estimate of drug-likeness (QED) is 0.361. The fourth-order valence-electron chi connectivity index (χ4n) is 4.15. The summed E-state index contributed by atoms with van der Waals surface area (Å²) in [6, 6.07) is 29.7. The van der Waals surface area contributed by atoms with E-state index in [2.05, 4.69) is 0 Å². The van der Waals surface area contributed by atoms with Gasteiger partial charge in [-0.1, -0.05) is 91.0 Å². The van der Waals surface area contributed by atoms with Crippen LogP contribution in [-0.4, -0.2) is 36.7 Å². The van der Waals surface area contributed by atoms with Crippen LogP contribution in [0.1, 0.15) is 30.5 Å². The third-order valence-corrected chi connectivity index (χ3v) is 6.00. The normalized spacial score (nSPS) is 23.8. The standard InChI is InChI=1S/C29H32O6/c1-22(30)34-28-29(2,33-20-25-16-10-5-11-17-25)27(32-19-24-14-8-4-9-15-24)26(35-28)21-31-18-23-12-6-3-7-13-23/h3-17,26-28H,18-21H2,1-2H3/t26-,27-,28?,29-/m1/s1. The molecule has 1 unspecified atom stereocenters. The summed E-state index contributed by atoms with van der Waals surface area (Å²) in [5.74, 6) is -0.447. The molecule has 0 N–H and O–H groups in total. The van der Waals surface area contributed by atoms with Crippen molar-refractivity contribution in [3.8, 4) is 0 Å². The summed E-state index contributed by atoms with van der Waals surface area (Å²) >= 11 is 0. The molecule has 1 saturated heterocycles. The summed E-state index contributed by atoms with van der Waals surface area (Å²) in [6.45, 7) is 4.61. The van der Waals surface area contributed by atoms with Crippen molar-refractivity contribution < 1.29 is 28.5 Å². The summed E-state index contributed by atoms with van der Waals surface area (Å²) in [6.07, 6.45) is -1.96. The maximum absolute atomic E-state index is 11.9. The molecule has 0 aromatic heterocycles. The van der Waals surface area contributed by atoms with Crippen LogP contribution >= 0.6 is 0 Å². The van der Waals surface area contributed by atoms with Gasteiger partial charge < -0.3 is 23.7 Å². The molecule has 3 aromatic carbocycles. The molecule has 6 nitrogen and oxygen atoms in total. The highest BCUT2D eigenvalue weighted by Gasteiger charge is 2.57. The molecular formula is C29H32O6. The van der Waals surface area contributed by atoms with Crippen molar-refractivity contribution in [3.05, 3.63) is 108 Å². The van der Waals surface area contributed by atoms with E-state index in [1.54, 1.807) is 0 Å². The molecule has 0 radical (unpaired) electrons. The predicted molar refractivity (Wildman–Crippen MR) is 131 cm³/mol. The first kappa shape index (κ1) is 25.1. The SMILES string of the molecule is CC(=O)OC1O[C@H](COCc2ccccc2)[C@@H](OCc2ccccc2)[C@@]1(C)OCc1ccccc1. The van der Waals surface area contributed by atoms with Gasteiger partial charge in [-0.3, -0.25) is 4.79 Å². The van der Waals surface area contributed by atoms with Gasteiger partial charge in [0.25, 0.3) is 0 Å². The average molecular weight is 477 g/mol. The van der Waals surface area contributed by atoms with Gasteiger partial charge in [-0.15, -0.1) is 0 Å². The average Bonchev–Trinajstić information content (AvgIpc) is 3.13. The Hall–Kier alpha value is -3.03. The van der Waals surface area contributed by atoms with Gasteiger partial charge in [0, 0.05) is 6.92 Å². The number of carbonyl (C=O) groups excluding carboxylic acids is 1. The first-order valence-electron chi connectivity index (χ1n) is 11.8. The summed E-state index contributed by atoms with van der Waals surface area (Å²) in [5.41, 5.74) is 2.04. The molecule has 0 spiro atoms. The lowest BCUT2D eigenvalue weighted by Crippen LogP contribution is -2.50. The van der Waals surface area contributed by atoms with Crippen molar-refractivity contribution in [1.82, 2.24) is 0 Å². The Morgan fingerprint density at radius 1 is 0.800 bits per heavy atom. The third-order valence-electron chi connectivity index (χ3n) is 6.00. The van der Waals surface area contributed by atoms with Crippen LogP contribution in [-0.2, 0) is 48.3 Å². The van der Waals surface area contributed by atoms with Crippen molar-refractivity contribution in [3.63, 3.8) is 0 Å². The molecule has 0 bridgehead atoms. The molecule has 0 amide bonds. The van der Waals surface area contributed by atoms with Gasteiger partial charge in [0.2, 0.25) is 6.29 Å². The summed E-state index contributed by atoms with van der Waals surface area (Å²) in [7, 11) is 0. The van der Waals surface area contributed by atoms with E-state index in [-0.39, 0.29) is 6.61 Å². The molecule has 6 heteroatoms. The first-order chi connectivity index (χ1) is 17.0. The highest BCUT2D eigenvalue weighted by atomic mass is 16.7. The summed E-state index contributed by atoms with van der Waals surface area (Å²) in [5, 5.41) is 0. The Balaban J connectivity index is 1.53. The van der Waals surface area contributed by atoms with Crippen LogP contribution in [0.4, 0.5) is 0 Å². The molecule has 184 valence electrons. The van der Waals surface area contributed by atoms with Crippen molar-refractivity contribution in [2.24, 2.45) is 0 Å². The van der Waals surface area contributed by atoms with Crippen LogP contribution in [0.3, 0.4) is 0 Å². The Morgan fingerprint density at radius 3 is 1.86 bits per heavy atom. The van der Waals surface area contributed by atoms with Crippen molar-refractivity contribution in [1.29, 1.82) is 0 Å². The van der Waals surface area contributed by atoms with E-state index in [0.29, 0.717) is 19.8 Å². The number of hydrogen-bond donors (Lipinski definition) is 0. The van der Waals surface area contributed by atoms with Gasteiger partial charge in [-0.25, -0.2) is 0 Å². The minimum atomic E-state index is -1.04. The van der Waals surface area contributed by atoms with Crippen molar-refractivity contribution in [2.75, 3.05) is 6.61 Å². The van der Waals surface area contributed by atoms with E-state index in [1.165, 1.54) is 6.92 Å². The monoisotopic (exact) mass is 476 g/mol. The Labute approximate surface area is 206 Å². The van der Waals surface area contributed by atoms with E-state index >= 15 is 0 Å². The summed E-state index contributed by atoms with van der Waals surface area (Å²) in [4.78, 5) is 11.9. The van der Waals surface area contributed by atoms with E-state index in [1.807, 2.05) is 97.9 Å². The van der Waals surface area contributed by atoms with Gasteiger partial charge in [0.15, 0.2) is 5.60 Å². The van der Waals surface area contributed by atoms with E-state index in [0.717, 1.165) is 16.7 Å². The molecule has 1 aliphatic heterocycles. The van der Waals surface area contributed by atoms with E-state index < -0.39 is 30.1 Å². The molecule has 3 aromatic rings. The van der Waals surface area contributed by atoms with Gasteiger partial charge >= 0.3 is 5.97 Å². The zero-order valence-corrected chi connectivity index (χ0v) is 20.2. The second-order valence-electron chi connectivity index (χ2n) is 8.79. The van der Waals surface area contributed by atoms with Crippen molar-refractivity contribution in [2.45, 2.75) is 57.8 Å². The minimum absolute atomic E-state index is 0.260. The van der Waals surface area contributed by atoms with Crippen molar-refractivity contribution >= 4 is 5.97 Å². The minimum Gasteiger partial charge on any atom is -0.433 e. The van der Waals surface area contributed by atoms with Crippen LogP contribution in [0.5, 0.6) is 0 Å². The largest absolute Gasteiger partial charge is 0.433 e. The highest BCUT2D eigenvalue weighted by molar-refractivity contribution is 5.66. The molecule has 1 fully saturated rings. The highest BCUT2D eigenvalue weighted by Crippen LogP contribution is 2.39. The van der Waals surface area contributed by atoms with Gasteiger partial charge in [-0.05, 0) is 23.6 Å². The van der Waals surface area contributed by atoms with Crippen LogP contribution < -0.4 is 0 Å². The number of carbonyl (C=O) groups is 1. The lowest BCUT2D eigenvalue weighted by molar-refractivity contribution is -0.224. The molecule has 4 rings (SSSR count). The summed E-state index contributed by atoms with van der Waals surface area (Å²) < 4.78 is 30.6. The van der Waals surface area contributed by atoms with Crippen LogP contribution in [0.2, 0.25) is 0 Å². The number of rotatable bonds is 11. The van der Waals surface area contributed by atoms with Crippen LogP contribution in [0.15, 0.2) is 91.0 Å². The van der Waals surface area contributed by atoms with Gasteiger partial charge in [-0.2, -0.15) is 0 Å². The topological polar surface area (TPSA) is 63.2 Å². The zero-order valence-electron chi connectivity index (χ0n) is 20.2. The number of hydrogen-bond acceptors (Lipinski definition) is 6. The second-order valence-corrected chi connectivity index (χ2v) is 8.79. The molecule has 0 saturated carbocycles. The van der Waals surface area contributed by atoms with Crippen LogP contribution in [0, 0.1) is 0 Å². The Morgan fingerprint density at radius 2 is 1.31 bits per heavy atom. The van der Waals surface area contributed by atoms with Crippen LogP contribution in [0.25, 0.3) is 0 Å². The molecule has 35 heavy (non-hydrogen) atoms. The molecular weight excluding hydrogens is 444 g/mol. The lowest BCUT2D eigenvalue weighted by Gasteiger charge is -2.34. The molecule has 4 atom stereocenters. The van der Waals surface area contributed by atoms with E-state index in [4.69, 9.17) is 23.7 Å². The number of benzene rings is 3. The Kier molecular flexibility index (Phi) is 8.66. The van der Waals surface area contributed by atoms with Gasteiger partial charge in [0.1, 0.15) is 12.2 Å². The zero-order chi connectivity index (χ0) is 24.5. The molecule has 0 aliphatic carbocycles. The fraction of sp³-hybridized carbons (Fsp3) is 0.345. The number of esters is 1.